The number of nitrogen functional groups attached to an aromatic ring is 1. The number of aromatic nitrogens is 2. The van der Waals surface area contributed by atoms with E-state index in [-0.39, 0.29) is 53.2 Å². The number of fused-ring (bicyclic) bond motifs is 2. The molecule has 5 N–H and O–H groups in total. The van der Waals surface area contributed by atoms with E-state index in [2.05, 4.69) is 20.0 Å². The van der Waals surface area contributed by atoms with E-state index in [1.54, 1.807) is 11.3 Å². The summed E-state index contributed by atoms with van der Waals surface area (Å²) in [4.78, 5) is 61.9. The van der Waals surface area contributed by atoms with Gasteiger partial charge in [-0.3, -0.25) is 14.5 Å². The van der Waals surface area contributed by atoms with E-state index in [0.717, 1.165) is 37.0 Å². The van der Waals surface area contributed by atoms with Crippen molar-refractivity contribution in [2.24, 2.45) is 5.16 Å². The second kappa shape index (κ2) is 12.4. The number of rotatable bonds is 9. The van der Waals surface area contributed by atoms with Gasteiger partial charge < -0.3 is 27.5 Å². The van der Waals surface area contributed by atoms with Crippen LogP contribution in [0.5, 0.6) is 0 Å². The Hall–Kier alpha value is -2.50. The number of aryl methyl sites for hydroxylation is 1. The fourth-order valence-corrected chi connectivity index (χ4v) is 7.59. The quantitative estimate of drug-likeness (QED) is 0.0800. The van der Waals surface area contributed by atoms with Crippen LogP contribution in [-0.2, 0) is 43.4 Å². The molecule has 1 fully saturated rings. The minimum absolute atomic E-state index is 0. The molecule has 1 saturated heterocycles. The third-order valence-corrected chi connectivity index (χ3v) is 9.91. The van der Waals surface area contributed by atoms with Gasteiger partial charge in [0.2, 0.25) is 11.1 Å². The van der Waals surface area contributed by atoms with E-state index < -0.39 is 40.8 Å². The van der Waals surface area contributed by atoms with Crippen molar-refractivity contribution in [3.8, 4) is 0 Å². The van der Waals surface area contributed by atoms with Crippen molar-refractivity contribution in [3.63, 3.8) is 0 Å². The summed E-state index contributed by atoms with van der Waals surface area (Å²) < 4.78 is 2.09. The molecule has 41 heavy (non-hydrogen) atoms. The Kier molecular flexibility index (Phi) is 9.50. The maximum atomic E-state index is 13.2. The molecule has 2 aromatic rings. The van der Waals surface area contributed by atoms with Crippen molar-refractivity contribution in [2.45, 2.75) is 63.1 Å². The molecule has 0 bridgehead atoms. The zero-order chi connectivity index (χ0) is 28.8. The normalized spacial score (nSPS) is 20.4. The molecule has 0 unspecified atom stereocenters. The van der Waals surface area contributed by atoms with Gasteiger partial charge in [-0.15, -0.1) is 23.1 Å². The first kappa shape index (κ1) is 31.4. The molecule has 214 valence electrons. The number of amides is 2. The van der Waals surface area contributed by atoms with Crippen molar-refractivity contribution >= 4 is 69.0 Å². The molecular weight excluding hydrogens is 603 g/mol. The monoisotopic (exact) mass is 631 g/mol. The minimum atomic E-state index is -1.74. The number of hydrogen-bond donors (Lipinski definition) is 4. The zero-order valence-electron chi connectivity index (χ0n) is 23.6. The van der Waals surface area contributed by atoms with Gasteiger partial charge in [0.05, 0.1) is 4.88 Å². The van der Waals surface area contributed by atoms with Gasteiger partial charge in [-0.1, -0.05) is 16.5 Å². The first-order chi connectivity index (χ1) is 19.0. The summed E-state index contributed by atoms with van der Waals surface area (Å²) in [5.41, 5.74) is 7.45. The number of anilines is 1. The number of thioether (sulfide) groups is 1. The van der Waals surface area contributed by atoms with Crippen molar-refractivity contribution in [1.29, 1.82) is 0 Å². The second-order valence-corrected chi connectivity index (χ2v) is 12.9. The number of carbonyl (C=O) groups excluding carboxylic acids is 2. The largest absolute Gasteiger partial charge is 1.00 e. The van der Waals surface area contributed by atoms with Crippen molar-refractivity contribution in [1.82, 2.24) is 15.2 Å². The molecule has 2 aromatic heterocycles. The van der Waals surface area contributed by atoms with Crippen LogP contribution >= 0.6 is 34.4 Å². The van der Waals surface area contributed by atoms with Crippen LogP contribution in [0.15, 0.2) is 27.3 Å². The molecule has 0 spiro atoms. The zero-order valence-corrected chi connectivity index (χ0v) is 27.0. The van der Waals surface area contributed by atoms with E-state index >= 15 is 0 Å². The van der Waals surface area contributed by atoms with Crippen LogP contribution in [0.1, 0.15) is 44.4 Å². The Morgan fingerprint density at radius 2 is 2.02 bits per heavy atom. The van der Waals surface area contributed by atoms with Crippen molar-refractivity contribution < 1.29 is 69.8 Å². The van der Waals surface area contributed by atoms with Gasteiger partial charge in [0.25, 0.3) is 11.8 Å². The fourth-order valence-electron chi connectivity index (χ4n) is 4.64. The third kappa shape index (κ3) is 6.17. The smallest absolute Gasteiger partial charge is 1.00 e. The van der Waals surface area contributed by atoms with Gasteiger partial charge >= 0.3 is 41.5 Å². The molecule has 3 aliphatic rings. The topological polar surface area (TPSA) is 188 Å². The summed E-state index contributed by atoms with van der Waals surface area (Å²) in [7, 11) is 0. The number of hydrogen-bond acceptors (Lipinski definition) is 11. The molecular formula is C24H28N6NaO7S3+. The summed E-state index contributed by atoms with van der Waals surface area (Å²) in [6, 6.07) is -1.02. The summed E-state index contributed by atoms with van der Waals surface area (Å²) in [6.07, 6.45) is 4.21. The Balaban J connectivity index is 0.00000242. The standard InChI is InChI=1S/C24H26N6O7S3.Na.H/c1-24(2,22(35)36)37-28-15(12-9-39-23(25)26-12)18(31)27-16-19(32)30-17(21(33)34)11(8-38-20(16)30)7-29-10-40-14-6-4-3-5-13(14)29;;/h9-10,16,20H,3-8H2,1-2H3,(H4-,25,26,27,31,33,34,35,36);;/q;+1;-1/p+1/b28-15-;;/t16-,20-;;/m1../s1. The maximum Gasteiger partial charge on any atom is 1.00 e. The summed E-state index contributed by atoms with van der Waals surface area (Å²) in [6.45, 7) is 2.90. The number of carboxylic acid groups (broad SMARTS) is 2. The van der Waals surface area contributed by atoms with Gasteiger partial charge in [0, 0.05) is 23.1 Å². The number of carboxylic acids is 2. The third-order valence-electron chi connectivity index (χ3n) is 6.82. The van der Waals surface area contributed by atoms with Crippen LogP contribution in [0.4, 0.5) is 5.13 Å². The average Bonchev–Trinajstić information content (AvgIpc) is 3.53. The molecule has 4 heterocycles. The van der Waals surface area contributed by atoms with E-state index in [4.69, 9.17) is 10.6 Å². The molecule has 0 radical (unpaired) electrons. The van der Waals surface area contributed by atoms with Gasteiger partial charge in [-0.05, 0) is 33.1 Å². The molecule has 2 amide bonds. The van der Waals surface area contributed by atoms with Gasteiger partial charge in [0.15, 0.2) is 23.1 Å². The van der Waals surface area contributed by atoms with Crippen molar-refractivity contribution in [3.05, 3.63) is 38.4 Å². The van der Waals surface area contributed by atoms with Crippen molar-refractivity contribution in [2.75, 3.05) is 11.5 Å². The second-order valence-electron chi connectivity index (χ2n) is 9.96. The van der Waals surface area contributed by atoms with Crippen LogP contribution < -0.4 is 45.2 Å². The number of oxime groups is 1. The molecule has 2 atom stereocenters. The Morgan fingerprint density at radius 3 is 2.68 bits per heavy atom. The van der Waals surface area contributed by atoms with E-state index in [9.17, 15) is 29.4 Å². The van der Waals surface area contributed by atoms with Crippen LogP contribution in [0.3, 0.4) is 0 Å². The first-order valence-corrected chi connectivity index (χ1v) is 15.2. The SMILES string of the molecule is CC(C)(O/N=C(\C(=O)N[C@@H]1C(=O)N2C(C(=O)O)=C(C[n+]3csc4c3CCCC4)CS[C@H]12)c1csc(N)n1)C(=O)O.[H-].[Na+]. The van der Waals surface area contributed by atoms with Gasteiger partial charge in [-0.2, -0.15) is 4.57 Å². The predicted molar refractivity (Wildman–Crippen MR) is 148 cm³/mol. The average molecular weight is 632 g/mol. The van der Waals surface area contributed by atoms with E-state index in [0.29, 0.717) is 17.9 Å². The number of aliphatic carboxylic acids is 2. The molecule has 17 heteroatoms. The van der Waals surface area contributed by atoms with Crippen LogP contribution in [0, 0.1) is 0 Å². The summed E-state index contributed by atoms with van der Waals surface area (Å²) in [5, 5.41) is 26.7. The van der Waals surface area contributed by atoms with Gasteiger partial charge in [-0.25, -0.2) is 14.6 Å². The molecule has 13 nitrogen and oxygen atoms in total. The molecule has 0 aromatic carbocycles. The summed E-state index contributed by atoms with van der Waals surface area (Å²) in [5.74, 6) is -3.53. The first-order valence-electron chi connectivity index (χ1n) is 12.4. The number of nitrogens with two attached hydrogens (primary N) is 1. The number of thiazole rings is 2. The Bertz CT molecular complexity index is 1480. The number of carbonyl (C=O) groups is 4. The molecule has 1 aliphatic carbocycles. The molecule has 5 rings (SSSR count). The Morgan fingerprint density at radius 1 is 1.29 bits per heavy atom. The van der Waals surface area contributed by atoms with Crippen LogP contribution in [0.25, 0.3) is 0 Å². The van der Waals surface area contributed by atoms with Gasteiger partial charge in [0.1, 0.15) is 22.8 Å². The number of β-lactam (4-membered cyclic amide) rings is 1. The Labute approximate surface area is 270 Å². The fraction of sp³-hybridized carbons (Fsp3) is 0.458. The predicted octanol–water partition coefficient (Wildman–Crippen LogP) is -1.91. The van der Waals surface area contributed by atoms with E-state index in [1.165, 1.54) is 46.5 Å². The number of nitrogens with one attached hydrogen (secondary N) is 1. The van der Waals surface area contributed by atoms with E-state index in [1.807, 2.05) is 5.51 Å². The number of nitrogens with zero attached hydrogens (tertiary/aromatic N) is 4. The minimum Gasteiger partial charge on any atom is -1.00 e. The maximum absolute atomic E-state index is 13.2. The van der Waals surface area contributed by atoms with Crippen LogP contribution in [-0.4, -0.2) is 72.3 Å². The molecule has 2 aliphatic heterocycles. The molecule has 0 saturated carbocycles. The summed E-state index contributed by atoms with van der Waals surface area (Å²) >= 11 is 4.08. The van der Waals surface area contributed by atoms with Crippen LogP contribution in [0.2, 0.25) is 0 Å².